The summed E-state index contributed by atoms with van der Waals surface area (Å²) in [5.41, 5.74) is 3.18. The Bertz CT molecular complexity index is 889. The van der Waals surface area contributed by atoms with Crippen LogP contribution in [0.15, 0.2) is 29.9 Å². The summed E-state index contributed by atoms with van der Waals surface area (Å²) in [5, 5.41) is 9.29. The van der Waals surface area contributed by atoms with E-state index in [0.717, 1.165) is 34.0 Å². The molecule has 0 aliphatic carbocycles. The molecule has 1 N–H and O–H groups in total. The van der Waals surface area contributed by atoms with Gasteiger partial charge in [-0.05, 0) is 49.3 Å². The number of nitrogens with zero attached hydrogens (tertiary/aromatic N) is 4. The van der Waals surface area contributed by atoms with Crippen LogP contribution < -0.4 is 5.32 Å². The summed E-state index contributed by atoms with van der Waals surface area (Å²) in [4.78, 5) is 22.5. The van der Waals surface area contributed by atoms with E-state index >= 15 is 0 Å². The van der Waals surface area contributed by atoms with Gasteiger partial charge in [0.1, 0.15) is 0 Å². The van der Waals surface area contributed by atoms with Crippen LogP contribution in [0.4, 0.5) is 0 Å². The first-order chi connectivity index (χ1) is 12.6. The lowest BCUT2D eigenvalue weighted by atomic mass is 10.2. The smallest absolute Gasteiger partial charge is 0.254 e. The molecule has 0 spiro atoms. The molecule has 3 aromatic rings. The zero-order chi connectivity index (χ0) is 18.5. The van der Waals surface area contributed by atoms with Crippen LogP contribution in [0.1, 0.15) is 28.0 Å². The van der Waals surface area contributed by atoms with Crippen molar-refractivity contribution in [3.05, 3.63) is 46.7 Å². The Hall–Kier alpha value is -2.19. The maximum Gasteiger partial charge on any atom is 0.254 e. The van der Waals surface area contributed by atoms with E-state index in [-0.39, 0.29) is 5.91 Å². The third kappa shape index (κ3) is 3.96. The molecular weight excluding hydrogens is 366 g/mol. The van der Waals surface area contributed by atoms with Crippen molar-refractivity contribution in [3.63, 3.8) is 0 Å². The number of hydrogen-bond acceptors (Lipinski definition) is 6. The average molecular weight is 388 g/mol. The van der Waals surface area contributed by atoms with Crippen molar-refractivity contribution in [2.24, 2.45) is 0 Å². The second-order valence-corrected chi connectivity index (χ2v) is 7.77. The number of rotatable bonds is 7. The minimum atomic E-state index is -0.111. The van der Waals surface area contributed by atoms with E-state index in [2.05, 4.69) is 26.6 Å². The summed E-state index contributed by atoms with van der Waals surface area (Å²) < 4.78 is 1.62. The van der Waals surface area contributed by atoms with E-state index < -0.39 is 0 Å². The Morgan fingerprint density at radius 2 is 2.19 bits per heavy atom. The molecule has 3 aromatic heterocycles. The largest absolute Gasteiger partial charge is 0.352 e. The Kier molecular flexibility index (Phi) is 6.05. The van der Waals surface area contributed by atoms with Gasteiger partial charge in [-0.3, -0.25) is 4.79 Å². The van der Waals surface area contributed by atoms with Crippen LogP contribution in [0.3, 0.4) is 0 Å². The number of amides is 1. The molecule has 0 unspecified atom stereocenters. The van der Waals surface area contributed by atoms with Gasteiger partial charge >= 0.3 is 0 Å². The highest BCUT2D eigenvalue weighted by Crippen LogP contribution is 2.26. The van der Waals surface area contributed by atoms with Gasteiger partial charge < -0.3 is 5.32 Å². The molecule has 3 heterocycles. The predicted octanol–water partition coefficient (Wildman–Crippen LogP) is 3.49. The number of thioether (sulfide) groups is 1. The van der Waals surface area contributed by atoms with Crippen LogP contribution >= 0.6 is 23.1 Å². The standard InChI is InChI=1S/C18H21N5OS2/c1-12-10-20-18(22-16(12)15-6-4-9-26-15)23-13(2)14(11-21-23)17(24)19-7-5-8-25-3/h4,6,9-11H,5,7-8H2,1-3H3,(H,19,24). The molecule has 0 aliphatic rings. The number of hydrogen-bond donors (Lipinski definition) is 1. The maximum absolute atomic E-state index is 12.4. The maximum atomic E-state index is 12.4. The first kappa shape index (κ1) is 18.6. The quantitative estimate of drug-likeness (QED) is 0.628. The first-order valence-corrected chi connectivity index (χ1v) is 10.6. The Balaban J connectivity index is 1.84. The topological polar surface area (TPSA) is 72.7 Å². The summed E-state index contributed by atoms with van der Waals surface area (Å²) >= 11 is 3.41. The van der Waals surface area contributed by atoms with Crippen LogP contribution in [-0.4, -0.2) is 44.2 Å². The van der Waals surface area contributed by atoms with Crippen molar-refractivity contribution in [2.75, 3.05) is 18.6 Å². The monoisotopic (exact) mass is 387 g/mol. The highest BCUT2D eigenvalue weighted by atomic mass is 32.2. The van der Waals surface area contributed by atoms with Crippen molar-refractivity contribution in [1.82, 2.24) is 25.1 Å². The summed E-state index contributed by atoms with van der Waals surface area (Å²) in [6, 6.07) is 4.03. The van der Waals surface area contributed by atoms with Crippen LogP contribution in [0.25, 0.3) is 16.5 Å². The molecule has 26 heavy (non-hydrogen) atoms. The van der Waals surface area contributed by atoms with E-state index in [4.69, 9.17) is 0 Å². The Morgan fingerprint density at radius 3 is 2.92 bits per heavy atom. The normalized spacial score (nSPS) is 10.9. The summed E-state index contributed by atoms with van der Waals surface area (Å²) in [6.07, 6.45) is 6.38. The van der Waals surface area contributed by atoms with Crippen LogP contribution in [0.5, 0.6) is 0 Å². The molecule has 0 saturated carbocycles. The summed E-state index contributed by atoms with van der Waals surface area (Å²) in [7, 11) is 0. The molecule has 0 aromatic carbocycles. The molecule has 136 valence electrons. The third-order valence-corrected chi connectivity index (χ3v) is 5.54. The fraction of sp³-hybridized carbons (Fsp3) is 0.333. The molecule has 6 nitrogen and oxygen atoms in total. The molecule has 0 saturated heterocycles. The molecule has 1 amide bonds. The van der Waals surface area contributed by atoms with Gasteiger partial charge in [0.25, 0.3) is 11.9 Å². The van der Waals surface area contributed by atoms with Crippen molar-refractivity contribution in [1.29, 1.82) is 0 Å². The van der Waals surface area contributed by atoms with Gasteiger partial charge in [-0.25, -0.2) is 14.6 Å². The molecule has 0 radical (unpaired) electrons. The van der Waals surface area contributed by atoms with Gasteiger partial charge in [0.05, 0.1) is 28.0 Å². The number of aromatic nitrogens is 4. The molecule has 0 bridgehead atoms. The van der Waals surface area contributed by atoms with Crippen LogP contribution in [0.2, 0.25) is 0 Å². The van der Waals surface area contributed by atoms with Crippen molar-refractivity contribution < 1.29 is 4.79 Å². The summed E-state index contributed by atoms with van der Waals surface area (Å²) in [5.74, 6) is 1.39. The number of carbonyl (C=O) groups excluding carboxylic acids is 1. The van der Waals surface area contributed by atoms with Crippen molar-refractivity contribution in [2.45, 2.75) is 20.3 Å². The van der Waals surface area contributed by atoms with Gasteiger partial charge in [-0.1, -0.05) is 6.07 Å². The second kappa shape index (κ2) is 8.46. The van der Waals surface area contributed by atoms with Gasteiger partial charge in [-0.2, -0.15) is 16.9 Å². The van der Waals surface area contributed by atoms with Crippen molar-refractivity contribution >= 4 is 29.0 Å². The number of nitrogens with one attached hydrogen (secondary N) is 1. The van der Waals surface area contributed by atoms with E-state index in [9.17, 15) is 4.79 Å². The number of thiophene rings is 1. The fourth-order valence-electron chi connectivity index (χ4n) is 2.55. The van der Waals surface area contributed by atoms with Gasteiger partial charge in [0.2, 0.25) is 0 Å². The average Bonchev–Trinajstić information content (AvgIpc) is 3.29. The van der Waals surface area contributed by atoms with E-state index in [1.54, 1.807) is 40.2 Å². The third-order valence-electron chi connectivity index (χ3n) is 3.97. The molecule has 3 rings (SSSR count). The fourth-order valence-corrected chi connectivity index (χ4v) is 3.76. The molecular formula is C18H21N5OS2. The number of carbonyl (C=O) groups is 1. The molecule has 0 atom stereocenters. The molecule has 8 heteroatoms. The summed E-state index contributed by atoms with van der Waals surface area (Å²) in [6.45, 7) is 4.51. The van der Waals surface area contributed by atoms with Crippen LogP contribution in [-0.2, 0) is 0 Å². The lowest BCUT2D eigenvalue weighted by Crippen LogP contribution is -2.25. The first-order valence-electron chi connectivity index (χ1n) is 8.31. The van der Waals surface area contributed by atoms with E-state index in [1.165, 1.54) is 0 Å². The Labute approximate surface area is 161 Å². The zero-order valence-electron chi connectivity index (χ0n) is 15.0. The zero-order valence-corrected chi connectivity index (χ0v) is 16.7. The lowest BCUT2D eigenvalue weighted by Gasteiger charge is -2.08. The molecule has 0 fully saturated rings. The number of aryl methyl sites for hydroxylation is 1. The van der Waals surface area contributed by atoms with E-state index in [0.29, 0.717) is 18.1 Å². The van der Waals surface area contributed by atoms with Gasteiger partial charge in [0, 0.05) is 12.7 Å². The second-order valence-electron chi connectivity index (χ2n) is 5.84. The predicted molar refractivity (Wildman–Crippen MR) is 107 cm³/mol. The van der Waals surface area contributed by atoms with Crippen LogP contribution in [0, 0.1) is 13.8 Å². The van der Waals surface area contributed by atoms with E-state index in [1.807, 2.05) is 31.4 Å². The minimum Gasteiger partial charge on any atom is -0.352 e. The van der Waals surface area contributed by atoms with Crippen molar-refractivity contribution in [3.8, 4) is 16.5 Å². The highest BCUT2D eigenvalue weighted by molar-refractivity contribution is 7.98. The minimum absolute atomic E-state index is 0.111. The highest BCUT2D eigenvalue weighted by Gasteiger charge is 2.17. The molecule has 0 aliphatic heterocycles. The Morgan fingerprint density at radius 1 is 1.35 bits per heavy atom. The van der Waals surface area contributed by atoms with Gasteiger partial charge in [-0.15, -0.1) is 11.3 Å². The van der Waals surface area contributed by atoms with Gasteiger partial charge in [0.15, 0.2) is 0 Å². The SMILES string of the molecule is CSCCCNC(=O)c1cnn(-c2ncc(C)c(-c3cccs3)n2)c1C. The lowest BCUT2D eigenvalue weighted by molar-refractivity contribution is 0.0953.